The number of carbonyl (C=O) groups is 1. The lowest BCUT2D eigenvalue weighted by atomic mass is 10.0. The third-order valence-corrected chi connectivity index (χ3v) is 4.93. The van der Waals surface area contributed by atoms with Gasteiger partial charge in [0.2, 0.25) is 0 Å². The van der Waals surface area contributed by atoms with Crippen molar-refractivity contribution in [3.05, 3.63) is 74.0 Å². The topological polar surface area (TPSA) is 65.7 Å². The first-order valence-corrected chi connectivity index (χ1v) is 9.86. The van der Waals surface area contributed by atoms with E-state index in [0.29, 0.717) is 36.5 Å². The molecule has 0 amide bonds. The number of fused-ring (bicyclic) bond motifs is 1. The van der Waals surface area contributed by atoms with Crippen molar-refractivity contribution in [1.29, 1.82) is 0 Å². The second-order valence-electron chi connectivity index (χ2n) is 6.37. The highest BCUT2D eigenvalue weighted by Gasteiger charge is 2.14. The summed E-state index contributed by atoms with van der Waals surface area (Å²) in [6.45, 7) is 4.35. The summed E-state index contributed by atoms with van der Waals surface area (Å²) in [7, 11) is 0. The Morgan fingerprint density at radius 2 is 2.00 bits per heavy atom. The number of aryl methyl sites for hydroxylation is 1. The molecule has 0 atom stereocenters. The lowest BCUT2D eigenvalue weighted by Crippen LogP contribution is -2.13. The van der Waals surface area contributed by atoms with Gasteiger partial charge >= 0.3 is 11.6 Å². The van der Waals surface area contributed by atoms with E-state index in [1.807, 2.05) is 43.3 Å². The third-order valence-electron chi connectivity index (χ3n) is 4.44. The lowest BCUT2D eigenvalue weighted by molar-refractivity contribution is -0.143. The van der Waals surface area contributed by atoms with Gasteiger partial charge in [-0.15, -0.1) is 0 Å². The van der Waals surface area contributed by atoms with Crippen molar-refractivity contribution in [2.24, 2.45) is 0 Å². The smallest absolute Gasteiger partial charge is 0.339 e. The molecule has 0 spiro atoms. The van der Waals surface area contributed by atoms with Gasteiger partial charge in [0.05, 0.1) is 6.61 Å². The molecule has 3 aromatic rings. The van der Waals surface area contributed by atoms with Crippen LogP contribution in [0.4, 0.5) is 0 Å². The highest BCUT2D eigenvalue weighted by atomic mass is 79.9. The van der Waals surface area contributed by atoms with E-state index in [9.17, 15) is 9.59 Å². The van der Waals surface area contributed by atoms with E-state index in [4.69, 9.17) is 13.9 Å². The van der Waals surface area contributed by atoms with Crippen LogP contribution >= 0.6 is 15.9 Å². The van der Waals surface area contributed by atoms with Crippen LogP contribution in [0.15, 0.2) is 56.1 Å². The molecule has 0 aliphatic carbocycles. The Hall–Kier alpha value is -2.60. The largest absolute Gasteiger partial charge is 0.489 e. The van der Waals surface area contributed by atoms with Crippen LogP contribution < -0.4 is 10.4 Å². The Kier molecular flexibility index (Phi) is 6.52. The molecule has 0 fully saturated rings. The maximum atomic E-state index is 12.4. The quantitative estimate of drug-likeness (QED) is 0.381. The molecule has 0 aliphatic heterocycles. The fraction of sp³-hybridized carbons (Fsp3) is 0.273. The van der Waals surface area contributed by atoms with Gasteiger partial charge in [-0.2, -0.15) is 0 Å². The van der Waals surface area contributed by atoms with Crippen LogP contribution in [0.2, 0.25) is 0 Å². The molecule has 0 N–H and O–H groups in total. The molecule has 0 unspecified atom stereocenters. The summed E-state index contributed by atoms with van der Waals surface area (Å²) in [5.41, 5.74) is 2.38. The van der Waals surface area contributed by atoms with E-state index in [-0.39, 0.29) is 12.4 Å². The molecular weight excluding hydrogens is 424 g/mol. The molecule has 28 heavy (non-hydrogen) atoms. The van der Waals surface area contributed by atoms with Crippen LogP contribution in [0.1, 0.15) is 30.0 Å². The number of benzene rings is 2. The van der Waals surface area contributed by atoms with E-state index >= 15 is 0 Å². The Morgan fingerprint density at radius 1 is 1.18 bits per heavy atom. The number of hydrogen-bond acceptors (Lipinski definition) is 5. The fourth-order valence-corrected chi connectivity index (χ4v) is 3.45. The summed E-state index contributed by atoms with van der Waals surface area (Å²) >= 11 is 3.44. The number of rotatable bonds is 7. The monoisotopic (exact) mass is 444 g/mol. The zero-order valence-corrected chi connectivity index (χ0v) is 17.4. The standard InChI is InChI=1S/C22H21BrO5/c1-3-26-21(24)10-9-19-14(2)18-8-7-17(12-20(18)28-22(19)25)27-13-15-5-4-6-16(23)11-15/h4-8,11-12H,3,9-10,13H2,1-2H3. The molecule has 6 heteroatoms. The zero-order valence-electron chi connectivity index (χ0n) is 15.8. The summed E-state index contributed by atoms with van der Waals surface area (Å²) in [5.74, 6) is 0.298. The first-order chi connectivity index (χ1) is 13.5. The van der Waals surface area contributed by atoms with E-state index in [1.54, 1.807) is 13.0 Å². The molecule has 0 saturated carbocycles. The van der Waals surface area contributed by atoms with Crippen molar-refractivity contribution in [1.82, 2.24) is 0 Å². The Labute approximate surface area is 171 Å². The van der Waals surface area contributed by atoms with Crippen LogP contribution in [-0.2, 0) is 22.6 Å². The van der Waals surface area contributed by atoms with E-state index in [2.05, 4.69) is 15.9 Å². The maximum absolute atomic E-state index is 12.4. The number of ether oxygens (including phenoxy) is 2. The lowest BCUT2D eigenvalue weighted by Gasteiger charge is -2.10. The number of halogens is 1. The van der Waals surface area contributed by atoms with Gasteiger partial charge in [-0.05, 0) is 55.7 Å². The predicted molar refractivity (Wildman–Crippen MR) is 111 cm³/mol. The van der Waals surface area contributed by atoms with Gasteiger partial charge in [-0.1, -0.05) is 28.1 Å². The molecule has 0 bridgehead atoms. The van der Waals surface area contributed by atoms with Gasteiger partial charge < -0.3 is 13.9 Å². The highest BCUT2D eigenvalue weighted by Crippen LogP contribution is 2.25. The minimum absolute atomic E-state index is 0.152. The van der Waals surface area contributed by atoms with Gasteiger partial charge in [-0.25, -0.2) is 4.79 Å². The van der Waals surface area contributed by atoms with Crippen molar-refractivity contribution in [2.75, 3.05) is 6.61 Å². The maximum Gasteiger partial charge on any atom is 0.339 e. The Morgan fingerprint density at radius 3 is 2.75 bits per heavy atom. The summed E-state index contributed by atoms with van der Waals surface area (Å²) in [6, 6.07) is 13.3. The van der Waals surface area contributed by atoms with E-state index < -0.39 is 5.63 Å². The molecule has 3 rings (SSSR count). The minimum Gasteiger partial charge on any atom is -0.489 e. The molecule has 2 aromatic carbocycles. The van der Waals surface area contributed by atoms with Crippen molar-refractivity contribution in [3.63, 3.8) is 0 Å². The molecule has 146 valence electrons. The molecule has 0 aliphatic rings. The first kappa shape index (κ1) is 20.1. The Balaban J connectivity index is 1.80. The predicted octanol–water partition coefficient (Wildman–Crippen LogP) is 4.94. The minimum atomic E-state index is -0.432. The van der Waals surface area contributed by atoms with Crippen molar-refractivity contribution in [3.8, 4) is 5.75 Å². The van der Waals surface area contributed by atoms with Crippen LogP contribution in [0.3, 0.4) is 0 Å². The number of hydrogen-bond donors (Lipinski definition) is 0. The summed E-state index contributed by atoms with van der Waals surface area (Å²) in [5, 5.41) is 0.827. The normalized spacial score (nSPS) is 10.8. The molecule has 1 heterocycles. The van der Waals surface area contributed by atoms with Crippen molar-refractivity contribution in [2.45, 2.75) is 33.3 Å². The first-order valence-electron chi connectivity index (χ1n) is 9.07. The second-order valence-corrected chi connectivity index (χ2v) is 7.29. The fourth-order valence-electron chi connectivity index (χ4n) is 3.01. The Bertz CT molecular complexity index is 1050. The van der Waals surface area contributed by atoms with E-state index in [0.717, 1.165) is 21.0 Å². The summed E-state index contributed by atoms with van der Waals surface area (Å²) in [6.07, 6.45) is 0.447. The van der Waals surface area contributed by atoms with Crippen molar-refractivity contribution < 1.29 is 18.7 Å². The highest BCUT2D eigenvalue weighted by molar-refractivity contribution is 9.10. The van der Waals surface area contributed by atoms with Gasteiger partial charge in [0, 0.05) is 27.9 Å². The molecule has 1 aromatic heterocycles. The summed E-state index contributed by atoms with van der Waals surface area (Å²) in [4.78, 5) is 24.0. The van der Waals surface area contributed by atoms with E-state index in [1.165, 1.54) is 0 Å². The third kappa shape index (κ3) is 4.81. The van der Waals surface area contributed by atoms with Crippen LogP contribution in [-0.4, -0.2) is 12.6 Å². The zero-order chi connectivity index (χ0) is 20.1. The second kappa shape index (κ2) is 9.06. The van der Waals surface area contributed by atoms with Gasteiger partial charge in [0.15, 0.2) is 0 Å². The number of esters is 1. The number of carbonyl (C=O) groups excluding carboxylic acids is 1. The molecule has 0 radical (unpaired) electrons. The van der Waals surface area contributed by atoms with Gasteiger partial charge in [0.25, 0.3) is 0 Å². The van der Waals surface area contributed by atoms with Crippen molar-refractivity contribution >= 4 is 32.9 Å². The average molecular weight is 445 g/mol. The van der Waals surface area contributed by atoms with Crippen LogP contribution in [0.5, 0.6) is 5.75 Å². The SMILES string of the molecule is CCOC(=O)CCc1c(C)c2ccc(OCc3cccc(Br)c3)cc2oc1=O. The molecular formula is C22H21BrO5. The molecule has 0 saturated heterocycles. The van der Waals surface area contributed by atoms with Crippen LogP contribution in [0, 0.1) is 6.92 Å². The van der Waals surface area contributed by atoms with Crippen LogP contribution in [0.25, 0.3) is 11.0 Å². The molecule has 5 nitrogen and oxygen atoms in total. The van der Waals surface area contributed by atoms with Gasteiger partial charge in [0.1, 0.15) is 17.9 Å². The van der Waals surface area contributed by atoms with Gasteiger partial charge in [-0.3, -0.25) is 4.79 Å². The summed E-state index contributed by atoms with van der Waals surface area (Å²) < 4.78 is 17.2. The average Bonchev–Trinajstić information content (AvgIpc) is 2.66.